The normalized spacial score (nSPS) is 25.8. The highest BCUT2D eigenvalue weighted by atomic mass is 35.5. The molecular formula is C21H19ClN6O5S. The standard InChI is InChI=1S/C21H19ClN6O5S/c1-7-6-28-14-10(4-21(16(28)9(3)32-7)18(29)25-20(31)26-19(21)30)24-12-13(17-23-5-8(2)34-17)27-33-15(12)11(14)22/h5,7,9,16H,4,6H2,1-3H3,(H2,25,26,29,30,31)/t7-,9+,16-/m1/s1. The second-order valence-corrected chi connectivity index (χ2v) is 10.5. The molecular weight excluding hydrogens is 484 g/mol. The van der Waals surface area contributed by atoms with Crippen molar-refractivity contribution in [2.24, 2.45) is 5.41 Å². The van der Waals surface area contributed by atoms with Gasteiger partial charge in [0.25, 0.3) is 0 Å². The Hall–Kier alpha value is -3.09. The number of anilines is 1. The number of rotatable bonds is 1. The van der Waals surface area contributed by atoms with Gasteiger partial charge in [-0.2, -0.15) is 0 Å². The number of thiazole rings is 1. The Balaban J connectivity index is 1.60. The molecule has 3 aliphatic heterocycles. The molecule has 3 aromatic heterocycles. The summed E-state index contributed by atoms with van der Waals surface area (Å²) in [6, 6.07) is -1.57. The molecule has 0 saturated carbocycles. The van der Waals surface area contributed by atoms with Crippen molar-refractivity contribution in [3.63, 3.8) is 0 Å². The summed E-state index contributed by atoms with van der Waals surface area (Å²) < 4.78 is 11.6. The summed E-state index contributed by atoms with van der Waals surface area (Å²) in [5.74, 6) is -1.38. The summed E-state index contributed by atoms with van der Waals surface area (Å²) in [4.78, 5) is 50.5. The molecule has 2 N–H and O–H groups in total. The lowest BCUT2D eigenvalue weighted by Gasteiger charge is -2.55. The number of morpholine rings is 1. The van der Waals surface area contributed by atoms with E-state index in [1.807, 2.05) is 18.7 Å². The number of hydrogen-bond acceptors (Lipinski definition) is 10. The highest BCUT2D eigenvalue weighted by Gasteiger charge is 2.63. The number of hydrogen-bond donors (Lipinski definition) is 2. The monoisotopic (exact) mass is 502 g/mol. The van der Waals surface area contributed by atoms with E-state index in [2.05, 4.69) is 20.8 Å². The van der Waals surface area contributed by atoms with Crippen molar-refractivity contribution in [2.75, 3.05) is 11.4 Å². The first-order valence-electron chi connectivity index (χ1n) is 10.7. The molecule has 0 aromatic carbocycles. The van der Waals surface area contributed by atoms with Gasteiger partial charge in [0.15, 0.2) is 11.1 Å². The minimum atomic E-state index is -1.64. The first-order valence-corrected chi connectivity index (χ1v) is 11.9. The van der Waals surface area contributed by atoms with Crippen LogP contribution >= 0.6 is 22.9 Å². The van der Waals surface area contributed by atoms with Crippen LogP contribution in [0.5, 0.6) is 0 Å². The van der Waals surface area contributed by atoms with E-state index in [9.17, 15) is 14.4 Å². The topological polar surface area (TPSA) is 140 Å². The Kier molecular flexibility index (Phi) is 4.54. The van der Waals surface area contributed by atoms with Gasteiger partial charge in [-0.05, 0) is 20.8 Å². The number of carbonyl (C=O) groups is 3. The zero-order chi connectivity index (χ0) is 23.9. The summed E-state index contributed by atoms with van der Waals surface area (Å²) in [6.45, 7) is 5.99. The highest BCUT2D eigenvalue weighted by molar-refractivity contribution is 7.15. The largest absolute Gasteiger partial charge is 0.372 e. The first-order chi connectivity index (χ1) is 16.2. The number of pyridine rings is 1. The Morgan fingerprint density at radius 2 is 1.97 bits per heavy atom. The van der Waals surface area contributed by atoms with E-state index in [1.54, 1.807) is 13.1 Å². The van der Waals surface area contributed by atoms with Gasteiger partial charge in [0.05, 0.1) is 29.6 Å². The summed E-state index contributed by atoms with van der Waals surface area (Å²) >= 11 is 8.31. The zero-order valence-corrected chi connectivity index (χ0v) is 19.9. The minimum absolute atomic E-state index is 0.0757. The van der Waals surface area contributed by atoms with Crippen molar-refractivity contribution in [3.05, 3.63) is 21.8 Å². The van der Waals surface area contributed by atoms with Gasteiger partial charge in [0.2, 0.25) is 17.4 Å². The number of barbiturate groups is 1. The number of carbonyl (C=O) groups excluding carboxylic acids is 3. The van der Waals surface area contributed by atoms with Gasteiger partial charge in [-0.25, -0.2) is 14.8 Å². The van der Waals surface area contributed by atoms with Crippen LogP contribution in [0, 0.1) is 12.3 Å². The molecule has 2 fully saturated rings. The number of fused-ring (bicyclic) bond motifs is 5. The molecule has 3 aromatic rings. The van der Waals surface area contributed by atoms with Gasteiger partial charge >= 0.3 is 6.03 Å². The van der Waals surface area contributed by atoms with Crippen LogP contribution in [0.2, 0.25) is 5.02 Å². The van der Waals surface area contributed by atoms with Crippen LogP contribution in [0.4, 0.5) is 10.5 Å². The van der Waals surface area contributed by atoms with Crippen molar-refractivity contribution in [1.82, 2.24) is 25.8 Å². The first kappa shape index (κ1) is 21.4. The maximum atomic E-state index is 13.3. The van der Waals surface area contributed by atoms with Gasteiger partial charge < -0.3 is 14.2 Å². The molecule has 0 aliphatic carbocycles. The molecule has 4 amide bonds. The molecule has 0 unspecified atom stereocenters. The van der Waals surface area contributed by atoms with E-state index in [-0.39, 0.29) is 12.5 Å². The van der Waals surface area contributed by atoms with Crippen LogP contribution in [0.25, 0.3) is 21.8 Å². The van der Waals surface area contributed by atoms with E-state index < -0.39 is 35.4 Å². The number of urea groups is 1. The smallest absolute Gasteiger partial charge is 0.328 e. The second kappa shape index (κ2) is 7.20. The highest BCUT2D eigenvalue weighted by Crippen LogP contribution is 2.50. The SMILES string of the molecule is Cc1cnc(-c2noc3c(Cl)c4c(nc23)CC2(C(=O)NC(=O)NC2=O)[C@H]2[C@H](C)O[C@H](C)CN42)s1. The van der Waals surface area contributed by atoms with Crippen molar-refractivity contribution < 1.29 is 23.6 Å². The third-order valence-corrected chi connectivity index (χ3v) is 7.87. The molecule has 13 heteroatoms. The molecule has 0 radical (unpaired) electrons. The Labute approximate surface area is 201 Å². The van der Waals surface area contributed by atoms with Crippen LogP contribution in [0.15, 0.2) is 10.7 Å². The third-order valence-electron chi connectivity index (χ3n) is 6.60. The van der Waals surface area contributed by atoms with Gasteiger partial charge in [0.1, 0.15) is 15.5 Å². The lowest BCUT2D eigenvalue weighted by atomic mass is 9.67. The fourth-order valence-corrected chi connectivity index (χ4v) is 6.45. The summed E-state index contributed by atoms with van der Waals surface area (Å²) in [5, 5.41) is 9.60. The predicted octanol–water partition coefficient (Wildman–Crippen LogP) is 2.20. The van der Waals surface area contributed by atoms with Gasteiger partial charge in [0, 0.05) is 24.0 Å². The molecule has 2 saturated heterocycles. The van der Waals surface area contributed by atoms with E-state index >= 15 is 0 Å². The second-order valence-electron chi connectivity index (χ2n) is 8.84. The molecule has 34 heavy (non-hydrogen) atoms. The van der Waals surface area contributed by atoms with Gasteiger partial charge in [-0.3, -0.25) is 20.2 Å². The number of aryl methyl sites for hydroxylation is 1. The van der Waals surface area contributed by atoms with Crippen LogP contribution in [0.3, 0.4) is 0 Å². The molecule has 6 rings (SSSR count). The van der Waals surface area contributed by atoms with Crippen molar-refractivity contribution in [1.29, 1.82) is 0 Å². The molecule has 1 spiro atoms. The number of nitrogens with one attached hydrogen (secondary N) is 2. The Bertz CT molecular complexity index is 1380. The van der Waals surface area contributed by atoms with Gasteiger partial charge in [-0.15, -0.1) is 11.3 Å². The van der Waals surface area contributed by atoms with Gasteiger partial charge in [-0.1, -0.05) is 16.8 Å². The fourth-order valence-electron chi connectivity index (χ4n) is 5.36. The van der Waals surface area contributed by atoms with Crippen LogP contribution in [-0.4, -0.2) is 57.8 Å². The lowest BCUT2D eigenvalue weighted by Crippen LogP contribution is -2.75. The van der Waals surface area contributed by atoms with E-state index in [1.165, 1.54) is 11.3 Å². The minimum Gasteiger partial charge on any atom is -0.372 e. The van der Waals surface area contributed by atoms with E-state index in [0.29, 0.717) is 44.7 Å². The summed E-state index contributed by atoms with van der Waals surface area (Å²) in [7, 11) is 0. The average Bonchev–Trinajstić information content (AvgIpc) is 3.37. The number of halogens is 1. The number of aromatic nitrogens is 3. The Morgan fingerprint density at radius 1 is 1.24 bits per heavy atom. The quantitative estimate of drug-likeness (QED) is 0.479. The molecule has 11 nitrogen and oxygen atoms in total. The summed E-state index contributed by atoms with van der Waals surface area (Å²) in [6.07, 6.45) is 0.927. The van der Waals surface area contributed by atoms with E-state index in [4.69, 9.17) is 25.8 Å². The lowest BCUT2D eigenvalue weighted by molar-refractivity contribution is -0.153. The molecule has 3 aliphatic rings. The number of nitrogens with zero attached hydrogens (tertiary/aromatic N) is 4. The van der Waals surface area contributed by atoms with Crippen LogP contribution in [0.1, 0.15) is 24.4 Å². The number of ether oxygens (including phenoxy) is 1. The molecule has 6 heterocycles. The number of amides is 4. The van der Waals surface area contributed by atoms with E-state index in [0.717, 1.165) is 4.88 Å². The fraction of sp³-hybridized carbons (Fsp3) is 0.429. The molecule has 176 valence electrons. The Morgan fingerprint density at radius 3 is 2.65 bits per heavy atom. The maximum absolute atomic E-state index is 13.3. The van der Waals surface area contributed by atoms with Crippen LogP contribution < -0.4 is 15.5 Å². The molecule has 0 bridgehead atoms. The van der Waals surface area contributed by atoms with Crippen molar-refractivity contribution in [2.45, 2.75) is 45.4 Å². The predicted molar refractivity (Wildman–Crippen MR) is 122 cm³/mol. The third kappa shape index (κ3) is 2.79. The summed E-state index contributed by atoms with van der Waals surface area (Å²) in [5.41, 5.74) is 0.506. The van der Waals surface area contributed by atoms with Crippen molar-refractivity contribution >= 4 is 57.6 Å². The maximum Gasteiger partial charge on any atom is 0.328 e. The van der Waals surface area contributed by atoms with Crippen LogP contribution in [-0.2, 0) is 20.7 Å². The molecule has 3 atom stereocenters. The average molecular weight is 503 g/mol. The van der Waals surface area contributed by atoms with Crippen molar-refractivity contribution in [3.8, 4) is 10.7 Å². The number of imide groups is 2. The zero-order valence-electron chi connectivity index (χ0n) is 18.3.